The van der Waals surface area contributed by atoms with Crippen LogP contribution in [0.15, 0.2) is 34.6 Å². The molecule has 25 heavy (non-hydrogen) atoms. The van der Waals surface area contributed by atoms with Crippen LogP contribution < -0.4 is 14.3 Å². The molecular weight excluding hydrogens is 376 g/mol. The van der Waals surface area contributed by atoms with Crippen LogP contribution in [0.25, 0.3) is 10.2 Å². The first-order chi connectivity index (χ1) is 12.2. The standard InChI is InChI=1S/C17H16N2O3S3/c1-23-6-4-19-12-8-13-14(22-10-21-13)9-15(12)25-17(19)18-16(20)7-11-3-2-5-24-11/h2-3,5,8-9H,4,6-7,10H2,1H3. The van der Waals surface area contributed by atoms with Crippen molar-refractivity contribution in [1.82, 2.24) is 4.57 Å². The highest BCUT2D eigenvalue weighted by molar-refractivity contribution is 7.98. The summed E-state index contributed by atoms with van der Waals surface area (Å²) in [6, 6.07) is 7.87. The van der Waals surface area contributed by atoms with Crippen LogP contribution in [-0.4, -0.2) is 29.3 Å². The lowest BCUT2D eigenvalue weighted by molar-refractivity contribution is -0.117. The highest BCUT2D eigenvalue weighted by Gasteiger charge is 2.18. The second-order valence-corrected chi connectivity index (χ2v) is 8.49. The number of hydrogen-bond donors (Lipinski definition) is 0. The Morgan fingerprint density at radius 1 is 1.36 bits per heavy atom. The van der Waals surface area contributed by atoms with Crippen LogP contribution in [0.3, 0.4) is 0 Å². The largest absolute Gasteiger partial charge is 0.454 e. The number of rotatable bonds is 5. The number of thiazole rings is 1. The van der Waals surface area contributed by atoms with Crippen molar-refractivity contribution in [1.29, 1.82) is 0 Å². The maximum Gasteiger partial charge on any atom is 0.253 e. The molecule has 0 aliphatic carbocycles. The van der Waals surface area contributed by atoms with Gasteiger partial charge in [0.1, 0.15) is 0 Å². The van der Waals surface area contributed by atoms with Crippen LogP contribution in [0.5, 0.6) is 11.5 Å². The third-order valence-electron chi connectivity index (χ3n) is 3.82. The zero-order valence-electron chi connectivity index (χ0n) is 13.6. The Balaban J connectivity index is 1.76. The first kappa shape index (κ1) is 16.7. The number of amides is 1. The molecule has 0 spiro atoms. The zero-order chi connectivity index (χ0) is 17.2. The van der Waals surface area contributed by atoms with E-state index in [1.165, 1.54) is 11.3 Å². The van der Waals surface area contributed by atoms with E-state index in [4.69, 9.17) is 9.47 Å². The molecule has 1 amide bonds. The Labute approximate surface area is 156 Å². The smallest absolute Gasteiger partial charge is 0.253 e. The summed E-state index contributed by atoms with van der Waals surface area (Å²) in [6.07, 6.45) is 2.42. The highest BCUT2D eigenvalue weighted by atomic mass is 32.2. The van der Waals surface area contributed by atoms with Gasteiger partial charge in [-0.3, -0.25) is 4.79 Å². The maximum absolute atomic E-state index is 12.4. The van der Waals surface area contributed by atoms with Gasteiger partial charge in [0.2, 0.25) is 6.79 Å². The molecule has 0 saturated carbocycles. The van der Waals surface area contributed by atoms with E-state index in [9.17, 15) is 4.79 Å². The van der Waals surface area contributed by atoms with Gasteiger partial charge in [0, 0.05) is 29.3 Å². The van der Waals surface area contributed by atoms with Crippen LogP contribution in [0, 0.1) is 0 Å². The molecule has 0 saturated heterocycles. The molecule has 1 aliphatic rings. The number of carbonyl (C=O) groups excluding carboxylic acids is 1. The first-order valence-electron chi connectivity index (χ1n) is 7.76. The Kier molecular flexibility index (Phi) is 4.82. The number of thioether (sulfide) groups is 1. The second-order valence-electron chi connectivity index (χ2n) is 5.46. The molecular formula is C17H16N2O3S3. The lowest BCUT2D eigenvalue weighted by Gasteiger charge is -2.04. The third kappa shape index (κ3) is 3.47. The summed E-state index contributed by atoms with van der Waals surface area (Å²) >= 11 is 4.86. The predicted molar refractivity (Wildman–Crippen MR) is 103 cm³/mol. The van der Waals surface area contributed by atoms with E-state index in [1.807, 2.05) is 29.6 Å². The van der Waals surface area contributed by atoms with E-state index in [-0.39, 0.29) is 12.7 Å². The van der Waals surface area contributed by atoms with Gasteiger partial charge in [0.15, 0.2) is 16.3 Å². The van der Waals surface area contributed by atoms with E-state index in [0.717, 1.165) is 43.7 Å². The lowest BCUT2D eigenvalue weighted by atomic mass is 10.3. The molecule has 4 rings (SSSR count). The van der Waals surface area contributed by atoms with Gasteiger partial charge in [-0.05, 0) is 17.7 Å². The molecule has 1 aromatic carbocycles. The molecule has 8 heteroatoms. The van der Waals surface area contributed by atoms with Crippen molar-refractivity contribution in [3.63, 3.8) is 0 Å². The van der Waals surface area contributed by atoms with E-state index in [2.05, 4.69) is 15.8 Å². The Morgan fingerprint density at radius 2 is 2.20 bits per heavy atom. The molecule has 0 radical (unpaired) electrons. The van der Waals surface area contributed by atoms with Gasteiger partial charge < -0.3 is 14.0 Å². The lowest BCUT2D eigenvalue weighted by Crippen LogP contribution is -2.18. The Morgan fingerprint density at radius 3 is 2.96 bits per heavy atom. The van der Waals surface area contributed by atoms with Gasteiger partial charge >= 0.3 is 0 Å². The SMILES string of the molecule is CSCCn1c(=NC(=O)Cc2cccs2)sc2cc3c(cc21)OCO3. The van der Waals surface area contributed by atoms with Crippen LogP contribution in [0.2, 0.25) is 0 Å². The number of aromatic nitrogens is 1. The zero-order valence-corrected chi connectivity index (χ0v) is 16.0. The van der Waals surface area contributed by atoms with Crippen LogP contribution in [0.1, 0.15) is 4.88 Å². The van der Waals surface area contributed by atoms with E-state index in [0.29, 0.717) is 6.42 Å². The fourth-order valence-corrected chi connectivity index (χ4v) is 4.80. The van der Waals surface area contributed by atoms with Gasteiger partial charge in [0.05, 0.1) is 16.6 Å². The quantitative estimate of drug-likeness (QED) is 0.667. The molecule has 3 heterocycles. The van der Waals surface area contributed by atoms with Crippen molar-refractivity contribution in [2.24, 2.45) is 4.99 Å². The normalized spacial score (nSPS) is 13.7. The van der Waals surface area contributed by atoms with Gasteiger partial charge in [-0.1, -0.05) is 17.4 Å². The van der Waals surface area contributed by atoms with E-state index in [1.54, 1.807) is 23.1 Å². The Bertz CT molecular complexity index is 973. The van der Waals surface area contributed by atoms with Gasteiger partial charge in [-0.25, -0.2) is 0 Å². The fraction of sp³-hybridized carbons (Fsp3) is 0.294. The van der Waals surface area contributed by atoms with Crippen molar-refractivity contribution < 1.29 is 14.3 Å². The van der Waals surface area contributed by atoms with Crippen molar-refractivity contribution in [3.8, 4) is 11.5 Å². The summed E-state index contributed by atoms with van der Waals surface area (Å²) in [4.78, 5) is 18.5. The van der Waals surface area contributed by atoms with Crippen LogP contribution in [-0.2, 0) is 17.8 Å². The average molecular weight is 393 g/mol. The summed E-state index contributed by atoms with van der Waals surface area (Å²) in [5.74, 6) is 2.33. The first-order valence-corrected chi connectivity index (χ1v) is 10.9. The minimum absolute atomic E-state index is 0.119. The molecule has 0 N–H and O–H groups in total. The van der Waals surface area contributed by atoms with Crippen LogP contribution >= 0.6 is 34.4 Å². The molecule has 0 fully saturated rings. The topological polar surface area (TPSA) is 52.8 Å². The number of thiophene rings is 1. The number of nitrogens with zero attached hydrogens (tertiary/aromatic N) is 2. The van der Waals surface area contributed by atoms with Crippen molar-refractivity contribution in [2.75, 3.05) is 18.8 Å². The number of benzene rings is 1. The van der Waals surface area contributed by atoms with Crippen molar-refractivity contribution >= 4 is 50.6 Å². The number of hydrogen-bond acceptors (Lipinski definition) is 6. The number of ether oxygens (including phenoxy) is 2. The van der Waals surface area contributed by atoms with E-state index < -0.39 is 0 Å². The van der Waals surface area contributed by atoms with Crippen molar-refractivity contribution in [2.45, 2.75) is 13.0 Å². The molecule has 3 aromatic rings. The second kappa shape index (κ2) is 7.23. The average Bonchev–Trinajstić information content (AvgIpc) is 3.31. The van der Waals surface area contributed by atoms with E-state index >= 15 is 0 Å². The van der Waals surface area contributed by atoms with Gasteiger partial charge in [-0.15, -0.1) is 11.3 Å². The molecule has 0 unspecified atom stereocenters. The van der Waals surface area contributed by atoms with Gasteiger partial charge in [-0.2, -0.15) is 16.8 Å². The van der Waals surface area contributed by atoms with Gasteiger partial charge in [0.25, 0.3) is 5.91 Å². The number of carbonyl (C=O) groups is 1. The minimum atomic E-state index is -0.119. The molecule has 2 aromatic heterocycles. The minimum Gasteiger partial charge on any atom is -0.454 e. The summed E-state index contributed by atoms with van der Waals surface area (Å²) in [5, 5.41) is 1.97. The number of aryl methyl sites for hydroxylation is 1. The molecule has 1 aliphatic heterocycles. The third-order valence-corrected chi connectivity index (χ3v) is 6.33. The molecule has 0 atom stereocenters. The summed E-state index contributed by atoms with van der Waals surface area (Å²) in [7, 11) is 0. The monoisotopic (exact) mass is 392 g/mol. The Hall–Kier alpha value is -1.77. The summed E-state index contributed by atoms with van der Waals surface area (Å²) in [5.41, 5.74) is 1.03. The fourth-order valence-electron chi connectivity index (χ4n) is 2.65. The summed E-state index contributed by atoms with van der Waals surface area (Å²) in [6.45, 7) is 1.06. The molecule has 130 valence electrons. The maximum atomic E-state index is 12.4. The number of fused-ring (bicyclic) bond motifs is 2. The van der Waals surface area contributed by atoms with Crippen molar-refractivity contribution in [3.05, 3.63) is 39.3 Å². The molecule has 5 nitrogen and oxygen atoms in total. The predicted octanol–water partition coefficient (Wildman–Crippen LogP) is 3.53. The molecule has 0 bridgehead atoms. The highest BCUT2D eigenvalue weighted by Crippen LogP contribution is 2.37. The van der Waals surface area contributed by atoms with Crippen LogP contribution in [0.4, 0.5) is 0 Å². The summed E-state index contributed by atoms with van der Waals surface area (Å²) < 4.78 is 14.1.